The number of rotatable bonds is 7. The highest BCUT2D eigenvalue weighted by Crippen LogP contribution is 2.34. The second kappa shape index (κ2) is 8.65. The summed E-state index contributed by atoms with van der Waals surface area (Å²) in [5, 5.41) is 6.01. The van der Waals surface area contributed by atoms with Crippen LogP contribution in [0.5, 0.6) is 5.75 Å². The van der Waals surface area contributed by atoms with E-state index in [4.69, 9.17) is 4.74 Å². The van der Waals surface area contributed by atoms with Gasteiger partial charge in [0.25, 0.3) is 0 Å². The average Bonchev–Trinajstić information content (AvgIpc) is 3.14. The maximum absolute atomic E-state index is 12.2. The van der Waals surface area contributed by atoms with Crippen LogP contribution < -0.4 is 9.46 Å². The van der Waals surface area contributed by atoms with Gasteiger partial charge in [0.1, 0.15) is 5.75 Å². The number of sulfonamides is 1. The van der Waals surface area contributed by atoms with Crippen molar-refractivity contribution in [3.05, 3.63) is 59.7 Å². The summed E-state index contributed by atoms with van der Waals surface area (Å²) in [5.74, 6) is 0.585. The lowest BCUT2D eigenvalue weighted by atomic mass is 9.98. The fourth-order valence-electron chi connectivity index (χ4n) is 3.23. The lowest BCUT2D eigenvalue weighted by Crippen LogP contribution is -2.24. The highest BCUT2D eigenvalue weighted by Gasteiger charge is 2.31. The molecule has 1 N–H and O–H groups in total. The maximum Gasteiger partial charge on any atom is 0.240 e. The van der Waals surface area contributed by atoms with Crippen LogP contribution in [0.1, 0.15) is 44.4 Å². The SMILES string of the molecule is CCOc1cccc([C@H]2CC(c3cccc(NS(=O)(=O)CC)c3)=NN2C(C)=O)c1. The molecule has 0 bridgehead atoms. The van der Waals surface area contributed by atoms with E-state index in [1.165, 1.54) is 11.9 Å². The molecule has 1 atom stereocenters. The van der Waals surface area contributed by atoms with Crippen LogP contribution >= 0.6 is 0 Å². The molecule has 1 aliphatic rings. The minimum absolute atomic E-state index is 0.00542. The number of benzene rings is 2. The summed E-state index contributed by atoms with van der Waals surface area (Å²) in [6.07, 6.45) is 0.527. The minimum atomic E-state index is -3.37. The smallest absolute Gasteiger partial charge is 0.240 e. The van der Waals surface area contributed by atoms with Gasteiger partial charge in [-0.3, -0.25) is 9.52 Å². The van der Waals surface area contributed by atoms with Crippen LogP contribution in [0, 0.1) is 0 Å². The molecule has 0 aromatic heterocycles. The van der Waals surface area contributed by atoms with Crippen molar-refractivity contribution in [1.29, 1.82) is 0 Å². The fourth-order valence-corrected chi connectivity index (χ4v) is 3.86. The second-order valence-corrected chi connectivity index (χ2v) is 8.73. The number of carbonyl (C=O) groups is 1. The molecule has 1 aliphatic heterocycles. The summed E-state index contributed by atoms with van der Waals surface area (Å²) in [5.41, 5.74) is 2.91. The molecule has 2 aromatic rings. The zero-order valence-corrected chi connectivity index (χ0v) is 17.6. The van der Waals surface area contributed by atoms with E-state index in [2.05, 4.69) is 9.82 Å². The lowest BCUT2D eigenvalue weighted by Gasteiger charge is -2.21. The Hall–Kier alpha value is -2.87. The summed E-state index contributed by atoms with van der Waals surface area (Å²) in [6, 6.07) is 14.5. The first kappa shape index (κ1) is 20.9. The van der Waals surface area contributed by atoms with Gasteiger partial charge in [-0.1, -0.05) is 24.3 Å². The Labute approximate surface area is 171 Å². The molecule has 1 heterocycles. The normalized spacial score (nSPS) is 16.4. The Bertz CT molecular complexity index is 1030. The number of hydrazone groups is 1. The molecule has 29 heavy (non-hydrogen) atoms. The van der Waals surface area contributed by atoms with Gasteiger partial charge in [0.2, 0.25) is 15.9 Å². The third-order valence-electron chi connectivity index (χ3n) is 4.64. The van der Waals surface area contributed by atoms with Crippen molar-refractivity contribution >= 4 is 27.3 Å². The van der Waals surface area contributed by atoms with Gasteiger partial charge in [0.15, 0.2) is 0 Å². The van der Waals surface area contributed by atoms with Crippen LogP contribution in [0.3, 0.4) is 0 Å². The van der Waals surface area contributed by atoms with Crippen LogP contribution in [0.25, 0.3) is 0 Å². The van der Waals surface area contributed by atoms with E-state index < -0.39 is 10.0 Å². The molecule has 0 fully saturated rings. The van der Waals surface area contributed by atoms with E-state index in [1.807, 2.05) is 37.3 Å². The molecular weight excluding hydrogens is 390 g/mol. The summed E-state index contributed by atoms with van der Waals surface area (Å²) >= 11 is 0. The number of hydrogen-bond acceptors (Lipinski definition) is 5. The molecule has 8 heteroatoms. The molecule has 1 amide bonds. The predicted octanol–water partition coefficient (Wildman–Crippen LogP) is 3.54. The highest BCUT2D eigenvalue weighted by molar-refractivity contribution is 7.92. The Morgan fingerprint density at radius 2 is 1.97 bits per heavy atom. The van der Waals surface area contributed by atoms with Crippen molar-refractivity contribution in [2.24, 2.45) is 5.10 Å². The summed E-state index contributed by atoms with van der Waals surface area (Å²) in [4.78, 5) is 12.2. The standard InChI is InChI=1S/C21H25N3O4S/c1-4-28-19-11-7-9-17(13-19)21-14-20(22-24(21)15(3)25)16-8-6-10-18(12-16)23-29(26,27)5-2/h6-13,21,23H,4-5,14H2,1-3H3/t21-/m1/s1. The first-order valence-electron chi connectivity index (χ1n) is 9.54. The molecular formula is C21H25N3O4S. The number of nitrogens with one attached hydrogen (secondary N) is 1. The number of ether oxygens (including phenoxy) is 1. The van der Waals surface area contributed by atoms with Gasteiger partial charge < -0.3 is 4.74 Å². The van der Waals surface area contributed by atoms with Crippen molar-refractivity contribution in [3.63, 3.8) is 0 Å². The Balaban J connectivity index is 1.89. The van der Waals surface area contributed by atoms with Gasteiger partial charge in [-0.2, -0.15) is 5.10 Å². The Morgan fingerprint density at radius 3 is 2.66 bits per heavy atom. The highest BCUT2D eigenvalue weighted by atomic mass is 32.2. The first-order valence-corrected chi connectivity index (χ1v) is 11.2. The molecule has 154 valence electrons. The third kappa shape index (κ3) is 4.95. The van der Waals surface area contributed by atoms with E-state index >= 15 is 0 Å². The monoisotopic (exact) mass is 415 g/mol. The predicted molar refractivity (Wildman–Crippen MR) is 114 cm³/mol. The van der Waals surface area contributed by atoms with Gasteiger partial charge in [-0.25, -0.2) is 13.4 Å². The zero-order chi connectivity index (χ0) is 21.0. The van der Waals surface area contributed by atoms with Crippen LogP contribution in [0.2, 0.25) is 0 Å². The van der Waals surface area contributed by atoms with Crippen LogP contribution in [-0.4, -0.2) is 37.4 Å². The average molecular weight is 416 g/mol. The van der Waals surface area contributed by atoms with Crippen LogP contribution in [0.15, 0.2) is 53.6 Å². The van der Waals surface area contributed by atoms with Gasteiger partial charge in [-0.05, 0) is 49.2 Å². The molecule has 3 rings (SSSR count). The quantitative estimate of drug-likeness (QED) is 0.749. The van der Waals surface area contributed by atoms with Crippen molar-refractivity contribution < 1.29 is 17.9 Å². The summed E-state index contributed by atoms with van der Waals surface area (Å²) in [6.45, 7) is 5.55. The molecule has 0 spiro atoms. The molecule has 0 aliphatic carbocycles. The third-order valence-corrected chi connectivity index (χ3v) is 5.94. The summed E-state index contributed by atoms with van der Waals surface area (Å²) < 4.78 is 31.8. The fraction of sp³-hybridized carbons (Fsp3) is 0.333. The van der Waals surface area contributed by atoms with Gasteiger partial charge in [-0.15, -0.1) is 0 Å². The second-order valence-electron chi connectivity index (χ2n) is 6.72. The Kier molecular flexibility index (Phi) is 6.22. The van der Waals surface area contributed by atoms with Crippen molar-refractivity contribution in [1.82, 2.24) is 5.01 Å². The van der Waals surface area contributed by atoms with Crippen LogP contribution in [-0.2, 0) is 14.8 Å². The van der Waals surface area contributed by atoms with E-state index in [1.54, 1.807) is 25.1 Å². The molecule has 7 nitrogen and oxygen atoms in total. The lowest BCUT2D eigenvalue weighted by molar-refractivity contribution is -0.130. The topological polar surface area (TPSA) is 88.1 Å². The van der Waals surface area contributed by atoms with Crippen molar-refractivity contribution in [2.75, 3.05) is 17.1 Å². The number of carbonyl (C=O) groups excluding carboxylic acids is 1. The van der Waals surface area contributed by atoms with E-state index in [9.17, 15) is 13.2 Å². The van der Waals surface area contributed by atoms with E-state index in [-0.39, 0.29) is 17.7 Å². The minimum Gasteiger partial charge on any atom is -0.494 e. The van der Waals surface area contributed by atoms with Crippen molar-refractivity contribution in [2.45, 2.75) is 33.2 Å². The van der Waals surface area contributed by atoms with Gasteiger partial charge >= 0.3 is 0 Å². The van der Waals surface area contributed by atoms with E-state index in [0.717, 1.165) is 22.6 Å². The number of nitrogens with zero attached hydrogens (tertiary/aromatic N) is 2. The maximum atomic E-state index is 12.2. The van der Waals surface area contributed by atoms with Crippen molar-refractivity contribution in [3.8, 4) is 5.75 Å². The van der Waals surface area contributed by atoms with E-state index in [0.29, 0.717) is 18.7 Å². The van der Waals surface area contributed by atoms with Gasteiger partial charge in [0.05, 0.1) is 24.1 Å². The molecule has 0 radical (unpaired) electrons. The molecule has 0 saturated heterocycles. The molecule has 0 unspecified atom stereocenters. The number of hydrogen-bond donors (Lipinski definition) is 1. The number of amides is 1. The van der Waals surface area contributed by atoms with Gasteiger partial charge in [0, 0.05) is 19.0 Å². The number of anilines is 1. The first-order chi connectivity index (χ1) is 13.8. The largest absolute Gasteiger partial charge is 0.494 e. The van der Waals surface area contributed by atoms with Crippen LogP contribution in [0.4, 0.5) is 5.69 Å². The molecule has 2 aromatic carbocycles. The summed E-state index contributed by atoms with van der Waals surface area (Å²) in [7, 11) is -3.37. The molecule has 0 saturated carbocycles. The zero-order valence-electron chi connectivity index (χ0n) is 16.8. The Morgan fingerprint density at radius 1 is 1.21 bits per heavy atom.